The second-order valence-corrected chi connectivity index (χ2v) is 4.76. The van der Waals surface area contributed by atoms with Crippen LogP contribution in [0.2, 0.25) is 0 Å². The van der Waals surface area contributed by atoms with E-state index in [-0.39, 0.29) is 11.8 Å². The van der Waals surface area contributed by atoms with Gasteiger partial charge >= 0.3 is 0 Å². The molecule has 1 aliphatic heterocycles. The number of nitrogens with zero attached hydrogens (tertiary/aromatic N) is 2. The molecule has 0 radical (unpaired) electrons. The fraction of sp³-hybridized carbons (Fsp3) is 0.467. The Kier molecular flexibility index (Phi) is 4.61. The standard InChI is InChI=1S/C15H20N2O3/c1-3-20-14-6-4-5-13(11-14)15(19)17-9-7-16(8-10-17)12(2)18/h4-6,11H,3,7-10H2,1-2H3. The molecule has 0 spiro atoms. The Bertz CT molecular complexity index is 494. The molecule has 0 unspecified atom stereocenters. The fourth-order valence-electron chi connectivity index (χ4n) is 2.29. The zero-order valence-electron chi connectivity index (χ0n) is 12.0. The zero-order valence-corrected chi connectivity index (χ0v) is 12.0. The number of piperazine rings is 1. The van der Waals surface area contributed by atoms with E-state index in [4.69, 9.17) is 4.74 Å². The lowest BCUT2D eigenvalue weighted by Crippen LogP contribution is -2.50. The molecule has 0 aromatic heterocycles. The third kappa shape index (κ3) is 3.29. The molecule has 0 aliphatic carbocycles. The van der Waals surface area contributed by atoms with Crippen LogP contribution in [-0.4, -0.2) is 54.4 Å². The topological polar surface area (TPSA) is 49.9 Å². The molecule has 5 heteroatoms. The minimum atomic E-state index is -0.00486. The summed E-state index contributed by atoms with van der Waals surface area (Å²) in [6.07, 6.45) is 0. The van der Waals surface area contributed by atoms with E-state index >= 15 is 0 Å². The van der Waals surface area contributed by atoms with Gasteiger partial charge in [0.2, 0.25) is 5.91 Å². The molecule has 1 fully saturated rings. The summed E-state index contributed by atoms with van der Waals surface area (Å²) in [6.45, 7) is 6.42. The maximum absolute atomic E-state index is 12.4. The number of benzene rings is 1. The van der Waals surface area contributed by atoms with Gasteiger partial charge in [-0.2, -0.15) is 0 Å². The second-order valence-electron chi connectivity index (χ2n) is 4.76. The minimum Gasteiger partial charge on any atom is -0.494 e. The molecule has 0 saturated carbocycles. The van der Waals surface area contributed by atoms with Gasteiger partial charge in [-0.3, -0.25) is 9.59 Å². The molecule has 108 valence electrons. The van der Waals surface area contributed by atoms with Crippen molar-refractivity contribution in [1.29, 1.82) is 0 Å². The predicted molar refractivity (Wildman–Crippen MR) is 75.8 cm³/mol. The van der Waals surface area contributed by atoms with Crippen LogP contribution in [0.1, 0.15) is 24.2 Å². The highest BCUT2D eigenvalue weighted by atomic mass is 16.5. The summed E-state index contributed by atoms with van der Waals surface area (Å²) in [4.78, 5) is 27.2. The Hall–Kier alpha value is -2.04. The molecule has 0 N–H and O–H groups in total. The number of ether oxygens (including phenoxy) is 1. The molecule has 0 atom stereocenters. The van der Waals surface area contributed by atoms with Crippen LogP contribution in [0.3, 0.4) is 0 Å². The van der Waals surface area contributed by atoms with Gasteiger partial charge in [-0.15, -0.1) is 0 Å². The fourth-order valence-corrected chi connectivity index (χ4v) is 2.29. The second kappa shape index (κ2) is 6.41. The number of carbonyl (C=O) groups excluding carboxylic acids is 2. The predicted octanol–water partition coefficient (Wildman–Crippen LogP) is 1.39. The van der Waals surface area contributed by atoms with Gasteiger partial charge in [0.15, 0.2) is 0 Å². The normalized spacial score (nSPS) is 15.1. The van der Waals surface area contributed by atoms with Crippen molar-refractivity contribution in [2.24, 2.45) is 0 Å². The van der Waals surface area contributed by atoms with Crippen LogP contribution < -0.4 is 4.74 Å². The Morgan fingerprint density at radius 3 is 2.40 bits per heavy atom. The van der Waals surface area contributed by atoms with Gasteiger partial charge in [0.1, 0.15) is 5.75 Å². The largest absolute Gasteiger partial charge is 0.494 e. The first-order chi connectivity index (χ1) is 9.61. The van der Waals surface area contributed by atoms with Crippen molar-refractivity contribution in [2.75, 3.05) is 32.8 Å². The Morgan fingerprint density at radius 1 is 1.15 bits per heavy atom. The highest BCUT2D eigenvalue weighted by molar-refractivity contribution is 5.94. The molecule has 1 aliphatic rings. The van der Waals surface area contributed by atoms with E-state index in [0.717, 1.165) is 0 Å². The number of carbonyl (C=O) groups is 2. The third-order valence-electron chi connectivity index (χ3n) is 3.40. The molecule has 0 bridgehead atoms. The van der Waals surface area contributed by atoms with Crippen molar-refractivity contribution in [3.8, 4) is 5.75 Å². The van der Waals surface area contributed by atoms with Crippen LogP contribution in [0, 0.1) is 0 Å². The summed E-state index contributed by atoms with van der Waals surface area (Å²) in [5.41, 5.74) is 0.632. The van der Waals surface area contributed by atoms with Crippen molar-refractivity contribution >= 4 is 11.8 Å². The molecule has 2 rings (SSSR count). The van der Waals surface area contributed by atoms with Crippen molar-refractivity contribution < 1.29 is 14.3 Å². The van der Waals surface area contributed by atoms with E-state index < -0.39 is 0 Å². The highest BCUT2D eigenvalue weighted by Gasteiger charge is 2.23. The van der Waals surface area contributed by atoms with E-state index in [1.54, 1.807) is 28.9 Å². The molecule has 1 aromatic carbocycles. The first-order valence-electron chi connectivity index (χ1n) is 6.89. The van der Waals surface area contributed by atoms with E-state index in [0.29, 0.717) is 44.1 Å². The summed E-state index contributed by atoms with van der Waals surface area (Å²) in [5.74, 6) is 0.769. The van der Waals surface area contributed by atoms with E-state index in [9.17, 15) is 9.59 Å². The van der Waals surface area contributed by atoms with Crippen LogP contribution in [0.25, 0.3) is 0 Å². The highest BCUT2D eigenvalue weighted by Crippen LogP contribution is 2.16. The van der Waals surface area contributed by atoms with E-state index in [2.05, 4.69) is 0 Å². The maximum Gasteiger partial charge on any atom is 0.254 e. The average molecular weight is 276 g/mol. The summed E-state index contributed by atoms with van der Waals surface area (Å²) in [5, 5.41) is 0. The molecule has 5 nitrogen and oxygen atoms in total. The summed E-state index contributed by atoms with van der Waals surface area (Å²) in [7, 11) is 0. The average Bonchev–Trinajstić information content (AvgIpc) is 2.47. The number of hydrogen-bond donors (Lipinski definition) is 0. The number of hydrogen-bond acceptors (Lipinski definition) is 3. The summed E-state index contributed by atoms with van der Waals surface area (Å²) in [6, 6.07) is 7.23. The number of amides is 2. The molecule has 1 aromatic rings. The van der Waals surface area contributed by atoms with Gasteiger partial charge in [-0.25, -0.2) is 0 Å². The Labute approximate surface area is 119 Å². The van der Waals surface area contributed by atoms with E-state index in [1.807, 2.05) is 19.1 Å². The lowest BCUT2D eigenvalue weighted by atomic mass is 10.1. The summed E-state index contributed by atoms with van der Waals surface area (Å²) >= 11 is 0. The van der Waals surface area contributed by atoms with Gasteiger partial charge in [-0.1, -0.05) is 6.07 Å². The van der Waals surface area contributed by atoms with Gasteiger partial charge < -0.3 is 14.5 Å². The first-order valence-corrected chi connectivity index (χ1v) is 6.89. The van der Waals surface area contributed by atoms with Crippen LogP contribution in [0.15, 0.2) is 24.3 Å². The van der Waals surface area contributed by atoms with Crippen molar-refractivity contribution in [1.82, 2.24) is 9.80 Å². The monoisotopic (exact) mass is 276 g/mol. The van der Waals surface area contributed by atoms with Crippen LogP contribution in [-0.2, 0) is 4.79 Å². The van der Waals surface area contributed by atoms with Gasteiger partial charge in [-0.05, 0) is 25.1 Å². The molecule has 2 amide bonds. The Balaban J connectivity index is 2.01. The number of rotatable bonds is 3. The van der Waals surface area contributed by atoms with Gasteiger partial charge in [0, 0.05) is 38.7 Å². The summed E-state index contributed by atoms with van der Waals surface area (Å²) < 4.78 is 5.41. The van der Waals surface area contributed by atoms with E-state index in [1.165, 1.54) is 0 Å². The van der Waals surface area contributed by atoms with Gasteiger partial charge in [0.05, 0.1) is 6.61 Å². The SMILES string of the molecule is CCOc1cccc(C(=O)N2CCN(C(C)=O)CC2)c1. The lowest BCUT2D eigenvalue weighted by molar-refractivity contribution is -0.130. The first kappa shape index (κ1) is 14.4. The van der Waals surface area contributed by atoms with Crippen molar-refractivity contribution in [3.05, 3.63) is 29.8 Å². The van der Waals surface area contributed by atoms with Gasteiger partial charge in [0.25, 0.3) is 5.91 Å². The molecule has 1 heterocycles. The van der Waals surface area contributed by atoms with Crippen LogP contribution in [0.5, 0.6) is 5.75 Å². The molecular formula is C15H20N2O3. The quantitative estimate of drug-likeness (QED) is 0.838. The lowest BCUT2D eigenvalue weighted by Gasteiger charge is -2.34. The van der Waals surface area contributed by atoms with Crippen LogP contribution in [0.4, 0.5) is 0 Å². The Morgan fingerprint density at radius 2 is 1.80 bits per heavy atom. The minimum absolute atomic E-state index is 0.00486. The molecular weight excluding hydrogens is 256 g/mol. The third-order valence-corrected chi connectivity index (χ3v) is 3.40. The van der Waals surface area contributed by atoms with Crippen LogP contribution >= 0.6 is 0 Å². The smallest absolute Gasteiger partial charge is 0.254 e. The van der Waals surface area contributed by atoms with Crippen molar-refractivity contribution in [2.45, 2.75) is 13.8 Å². The molecule has 1 saturated heterocycles. The molecule has 20 heavy (non-hydrogen) atoms. The maximum atomic E-state index is 12.4. The van der Waals surface area contributed by atoms with Crippen molar-refractivity contribution in [3.63, 3.8) is 0 Å². The zero-order chi connectivity index (χ0) is 14.5.